The molecule has 0 saturated carbocycles. The van der Waals surface area contributed by atoms with Gasteiger partial charge in [-0.2, -0.15) is 0 Å². The zero-order valence-corrected chi connectivity index (χ0v) is 10.9. The van der Waals surface area contributed by atoms with Crippen LogP contribution in [-0.2, 0) is 11.2 Å². The summed E-state index contributed by atoms with van der Waals surface area (Å²) in [6.45, 7) is 3.78. The second-order valence-electron chi connectivity index (χ2n) is 4.13. The van der Waals surface area contributed by atoms with Crippen molar-refractivity contribution in [3.63, 3.8) is 0 Å². The highest BCUT2D eigenvalue weighted by Crippen LogP contribution is 2.21. The molecule has 0 amide bonds. The van der Waals surface area contributed by atoms with Crippen molar-refractivity contribution in [1.29, 1.82) is 0 Å². The molecule has 1 atom stereocenters. The maximum absolute atomic E-state index is 13.2. The van der Waals surface area contributed by atoms with Crippen molar-refractivity contribution in [2.75, 3.05) is 0 Å². The van der Waals surface area contributed by atoms with Gasteiger partial charge in [-0.1, -0.05) is 26.0 Å². The van der Waals surface area contributed by atoms with Crippen LogP contribution in [0.2, 0.25) is 0 Å². The molecular weight excluding hydrogens is 273 g/mol. The zero-order chi connectivity index (χ0) is 12.3. The third-order valence-electron chi connectivity index (χ3n) is 2.49. The quantitative estimate of drug-likeness (QED) is 0.925. The molecule has 1 rings (SSSR count). The smallest absolute Gasteiger partial charge is 0.154 e. The lowest BCUT2D eigenvalue weighted by Crippen LogP contribution is -2.36. The molecule has 1 aromatic carbocycles. The Labute approximate surface area is 103 Å². The largest absolute Gasteiger partial charge is 0.321 e. The van der Waals surface area contributed by atoms with Crippen molar-refractivity contribution >= 4 is 21.7 Å². The Hall–Kier alpha value is -0.740. The molecule has 0 heterocycles. The van der Waals surface area contributed by atoms with Gasteiger partial charge in [0.25, 0.3) is 0 Å². The van der Waals surface area contributed by atoms with Gasteiger partial charge < -0.3 is 5.73 Å². The number of benzene rings is 1. The molecule has 0 aliphatic rings. The number of rotatable bonds is 4. The number of carbonyl (C=O) groups is 1. The Morgan fingerprint density at radius 3 is 2.69 bits per heavy atom. The van der Waals surface area contributed by atoms with Crippen LogP contribution in [0.5, 0.6) is 0 Å². The van der Waals surface area contributed by atoms with Crippen molar-refractivity contribution < 1.29 is 9.18 Å². The lowest BCUT2D eigenvalue weighted by molar-refractivity contribution is -0.120. The van der Waals surface area contributed by atoms with E-state index in [4.69, 9.17) is 5.73 Å². The fourth-order valence-corrected chi connectivity index (χ4v) is 1.77. The molecule has 2 N–H and O–H groups in total. The molecule has 0 saturated heterocycles. The number of nitrogens with two attached hydrogens (primary N) is 1. The van der Waals surface area contributed by atoms with Crippen LogP contribution in [-0.4, -0.2) is 11.8 Å². The second-order valence-corrected chi connectivity index (χ2v) is 4.92. The Bertz CT molecular complexity index is 393. The van der Waals surface area contributed by atoms with Crippen LogP contribution < -0.4 is 5.73 Å². The first-order valence-electron chi connectivity index (χ1n) is 5.14. The molecule has 0 aliphatic carbocycles. The van der Waals surface area contributed by atoms with E-state index in [0.717, 1.165) is 0 Å². The van der Waals surface area contributed by atoms with Gasteiger partial charge in [0.05, 0.1) is 10.5 Å². The van der Waals surface area contributed by atoms with Gasteiger partial charge in [0.2, 0.25) is 0 Å². The van der Waals surface area contributed by atoms with E-state index in [-0.39, 0.29) is 23.9 Å². The summed E-state index contributed by atoms with van der Waals surface area (Å²) in [5.41, 5.74) is 6.38. The van der Waals surface area contributed by atoms with Crippen molar-refractivity contribution in [3.05, 3.63) is 34.1 Å². The SMILES string of the molecule is CC(C)C(N)C(=O)Cc1cccc(F)c1Br. The fourth-order valence-electron chi connectivity index (χ4n) is 1.36. The zero-order valence-electron chi connectivity index (χ0n) is 9.34. The normalized spacial score (nSPS) is 12.9. The Morgan fingerprint density at radius 1 is 1.50 bits per heavy atom. The maximum Gasteiger partial charge on any atom is 0.154 e. The molecule has 88 valence electrons. The van der Waals surface area contributed by atoms with Crippen molar-refractivity contribution in [3.8, 4) is 0 Å². The van der Waals surface area contributed by atoms with E-state index in [0.29, 0.717) is 10.0 Å². The average molecular weight is 288 g/mol. The first kappa shape index (κ1) is 13.3. The van der Waals surface area contributed by atoms with Crippen LogP contribution >= 0.6 is 15.9 Å². The summed E-state index contributed by atoms with van der Waals surface area (Å²) in [5.74, 6) is -0.329. The molecule has 1 unspecified atom stereocenters. The highest BCUT2D eigenvalue weighted by Gasteiger charge is 2.18. The van der Waals surface area contributed by atoms with E-state index < -0.39 is 6.04 Å². The van der Waals surface area contributed by atoms with Crippen molar-refractivity contribution in [1.82, 2.24) is 0 Å². The van der Waals surface area contributed by atoms with Crippen LogP contribution in [0.3, 0.4) is 0 Å². The van der Waals surface area contributed by atoms with Gasteiger partial charge in [-0.3, -0.25) is 4.79 Å². The third kappa shape index (κ3) is 3.12. The van der Waals surface area contributed by atoms with Gasteiger partial charge >= 0.3 is 0 Å². The average Bonchev–Trinajstić information content (AvgIpc) is 2.23. The molecule has 0 fully saturated rings. The molecule has 0 spiro atoms. The minimum absolute atomic E-state index is 0.0682. The van der Waals surface area contributed by atoms with E-state index in [9.17, 15) is 9.18 Å². The topological polar surface area (TPSA) is 43.1 Å². The number of halogens is 2. The van der Waals surface area contributed by atoms with Gasteiger partial charge in [0.1, 0.15) is 5.82 Å². The standard InChI is InChI=1S/C12H15BrFNO/c1-7(2)12(15)10(16)6-8-4-3-5-9(14)11(8)13/h3-5,7,12H,6,15H2,1-2H3. The number of hydrogen-bond acceptors (Lipinski definition) is 2. The minimum Gasteiger partial charge on any atom is -0.321 e. The minimum atomic E-state index is -0.491. The van der Waals surface area contributed by atoms with E-state index in [1.54, 1.807) is 12.1 Å². The van der Waals surface area contributed by atoms with Crippen LogP contribution in [0.1, 0.15) is 19.4 Å². The summed E-state index contributed by atoms with van der Waals surface area (Å²) in [6, 6.07) is 4.16. The van der Waals surface area contributed by atoms with Gasteiger partial charge in [0.15, 0.2) is 5.78 Å². The molecule has 0 radical (unpaired) electrons. The molecule has 16 heavy (non-hydrogen) atoms. The van der Waals surface area contributed by atoms with E-state index in [1.807, 2.05) is 13.8 Å². The van der Waals surface area contributed by atoms with E-state index in [2.05, 4.69) is 15.9 Å². The number of ketones is 1. The predicted molar refractivity (Wildman–Crippen MR) is 65.6 cm³/mol. The van der Waals surface area contributed by atoms with E-state index in [1.165, 1.54) is 6.07 Å². The molecule has 4 heteroatoms. The Balaban J connectivity index is 2.81. The summed E-state index contributed by atoms with van der Waals surface area (Å²) < 4.78 is 13.5. The first-order chi connectivity index (χ1) is 7.43. The summed E-state index contributed by atoms with van der Waals surface area (Å²) in [7, 11) is 0. The lowest BCUT2D eigenvalue weighted by atomic mass is 9.96. The predicted octanol–water partition coefficient (Wildman–Crippen LogP) is 2.68. The highest BCUT2D eigenvalue weighted by atomic mass is 79.9. The maximum atomic E-state index is 13.2. The van der Waals surface area contributed by atoms with Crippen molar-refractivity contribution in [2.24, 2.45) is 11.7 Å². The molecular formula is C12H15BrFNO. The molecule has 1 aromatic rings. The summed E-state index contributed by atoms with van der Waals surface area (Å²) >= 11 is 3.13. The van der Waals surface area contributed by atoms with Gasteiger partial charge in [-0.05, 0) is 33.5 Å². The summed E-state index contributed by atoms with van der Waals surface area (Å²) in [4.78, 5) is 11.7. The molecule has 0 bridgehead atoms. The van der Waals surface area contributed by atoms with Crippen LogP contribution in [0, 0.1) is 11.7 Å². The molecule has 0 aromatic heterocycles. The lowest BCUT2D eigenvalue weighted by Gasteiger charge is -2.14. The summed E-state index contributed by atoms with van der Waals surface area (Å²) in [6.07, 6.45) is 0.164. The number of Topliss-reactive ketones (excluding diaryl/α,β-unsaturated/α-hetero) is 1. The highest BCUT2D eigenvalue weighted by molar-refractivity contribution is 9.10. The third-order valence-corrected chi connectivity index (χ3v) is 3.37. The van der Waals surface area contributed by atoms with Gasteiger partial charge in [-0.25, -0.2) is 4.39 Å². The second kappa shape index (κ2) is 5.55. The molecule has 0 aliphatic heterocycles. The van der Waals surface area contributed by atoms with Crippen LogP contribution in [0.15, 0.2) is 22.7 Å². The van der Waals surface area contributed by atoms with Crippen LogP contribution in [0.4, 0.5) is 4.39 Å². The monoisotopic (exact) mass is 287 g/mol. The first-order valence-corrected chi connectivity index (χ1v) is 5.94. The van der Waals surface area contributed by atoms with Gasteiger partial charge in [-0.15, -0.1) is 0 Å². The van der Waals surface area contributed by atoms with Crippen molar-refractivity contribution in [2.45, 2.75) is 26.3 Å². The van der Waals surface area contributed by atoms with Crippen LogP contribution in [0.25, 0.3) is 0 Å². The molecule has 2 nitrogen and oxygen atoms in total. The summed E-state index contributed by atoms with van der Waals surface area (Å²) in [5, 5.41) is 0. The number of carbonyl (C=O) groups excluding carboxylic acids is 1. The fraction of sp³-hybridized carbons (Fsp3) is 0.417. The van der Waals surface area contributed by atoms with Gasteiger partial charge in [0, 0.05) is 6.42 Å². The Morgan fingerprint density at radius 2 is 2.12 bits per heavy atom. The van der Waals surface area contributed by atoms with E-state index >= 15 is 0 Å². The number of hydrogen-bond donors (Lipinski definition) is 1. The Kier molecular flexibility index (Phi) is 4.62.